The number of benzene rings is 1. The van der Waals surface area contributed by atoms with E-state index in [0.717, 1.165) is 23.6 Å². The van der Waals surface area contributed by atoms with Crippen molar-refractivity contribution in [3.8, 4) is 11.5 Å². The van der Waals surface area contributed by atoms with Crippen LogP contribution in [0.5, 0.6) is 11.5 Å². The van der Waals surface area contributed by atoms with Crippen molar-refractivity contribution in [2.45, 2.75) is 12.6 Å². The number of ether oxygens (including phenoxy) is 2. The van der Waals surface area contributed by atoms with Crippen LogP contribution in [0.25, 0.3) is 0 Å². The first-order valence-electron chi connectivity index (χ1n) is 10.0. The van der Waals surface area contributed by atoms with E-state index in [1.165, 1.54) is 6.07 Å². The van der Waals surface area contributed by atoms with E-state index in [9.17, 15) is 4.39 Å². The number of hydrogen-bond acceptors (Lipinski definition) is 5. The molecule has 1 atom stereocenters. The van der Waals surface area contributed by atoms with Crippen LogP contribution in [0.4, 0.5) is 4.39 Å². The molecule has 2 aromatic heterocycles. The lowest BCUT2D eigenvalue weighted by molar-refractivity contribution is -0.00805. The van der Waals surface area contributed by atoms with E-state index in [1.54, 1.807) is 42.3 Å². The van der Waals surface area contributed by atoms with Gasteiger partial charge in [0.2, 0.25) is 0 Å². The molecule has 1 fully saturated rings. The molecule has 0 aliphatic carbocycles. The van der Waals surface area contributed by atoms with Crippen molar-refractivity contribution in [2.75, 3.05) is 26.7 Å². The van der Waals surface area contributed by atoms with Crippen LogP contribution in [0.3, 0.4) is 0 Å². The second-order valence-electron chi connectivity index (χ2n) is 7.21. The second-order valence-corrected chi connectivity index (χ2v) is 7.21. The van der Waals surface area contributed by atoms with Crippen LogP contribution in [0.2, 0.25) is 0 Å². The lowest BCUT2D eigenvalue weighted by atomic mass is 10.1. The number of aryl methyl sites for hydroxylation is 1. The van der Waals surface area contributed by atoms with Gasteiger partial charge in [-0.2, -0.15) is 5.10 Å². The maximum absolute atomic E-state index is 14.5. The summed E-state index contributed by atoms with van der Waals surface area (Å²) in [6.45, 7) is 2.42. The molecule has 1 saturated heterocycles. The maximum atomic E-state index is 14.5. The zero-order valence-electron chi connectivity index (χ0n) is 17.9. The van der Waals surface area contributed by atoms with Gasteiger partial charge in [0.05, 0.1) is 25.5 Å². The second kappa shape index (κ2) is 11.2. The summed E-state index contributed by atoms with van der Waals surface area (Å²) in [5.41, 5.74) is 1.82. The molecule has 32 heavy (non-hydrogen) atoms. The number of halogens is 2. The van der Waals surface area contributed by atoms with Gasteiger partial charge in [-0.3, -0.25) is 14.7 Å². The summed E-state index contributed by atoms with van der Waals surface area (Å²) in [6.07, 6.45) is 6.89. The number of nitrogens with zero attached hydrogens (tertiary/aromatic N) is 5. The summed E-state index contributed by atoms with van der Waals surface area (Å²) in [5, 5.41) is 7.53. The Kier molecular flexibility index (Phi) is 8.39. The fraction of sp³-hybridized carbons (Fsp3) is 0.318. The summed E-state index contributed by atoms with van der Waals surface area (Å²) < 4.78 is 27.7. The maximum Gasteiger partial charge on any atom is 0.194 e. The molecule has 10 heteroatoms. The minimum absolute atomic E-state index is 0. The molecular weight excluding hydrogens is 526 g/mol. The Bertz CT molecular complexity index is 1050. The molecule has 1 aliphatic heterocycles. The topological polar surface area (TPSA) is 76.8 Å². The number of guanidine groups is 1. The van der Waals surface area contributed by atoms with Gasteiger partial charge in [-0.1, -0.05) is 6.07 Å². The zero-order valence-corrected chi connectivity index (χ0v) is 20.3. The van der Waals surface area contributed by atoms with E-state index in [4.69, 9.17) is 9.47 Å². The van der Waals surface area contributed by atoms with Gasteiger partial charge in [-0.05, 0) is 29.8 Å². The Morgan fingerprint density at radius 3 is 2.91 bits per heavy atom. The van der Waals surface area contributed by atoms with Crippen molar-refractivity contribution in [1.29, 1.82) is 0 Å². The van der Waals surface area contributed by atoms with Gasteiger partial charge < -0.3 is 19.7 Å². The Morgan fingerprint density at radius 2 is 2.22 bits per heavy atom. The van der Waals surface area contributed by atoms with Gasteiger partial charge in [-0.15, -0.1) is 24.0 Å². The van der Waals surface area contributed by atoms with E-state index in [2.05, 4.69) is 25.3 Å². The summed E-state index contributed by atoms with van der Waals surface area (Å²) in [5.74, 6) is 0.964. The first-order chi connectivity index (χ1) is 15.1. The van der Waals surface area contributed by atoms with Gasteiger partial charge >= 0.3 is 0 Å². The number of pyridine rings is 1. The van der Waals surface area contributed by atoms with Gasteiger partial charge in [-0.25, -0.2) is 4.39 Å². The van der Waals surface area contributed by atoms with Crippen molar-refractivity contribution in [1.82, 2.24) is 25.0 Å². The van der Waals surface area contributed by atoms with E-state index in [-0.39, 0.29) is 35.8 Å². The SMILES string of the molecule is CN=C(NCc1ccc(Oc2cccnc2)c(F)c1)N1CCOC(c2cnn(C)c2)C1.I. The normalized spacial score (nSPS) is 16.4. The quantitative estimate of drug-likeness (QED) is 0.297. The largest absolute Gasteiger partial charge is 0.453 e. The van der Waals surface area contributed by atoms with E-state index < -0.39 is 5.82 Å². The highest BCUT2D eigenvalue weighted by Crippen LogP contribution is 2.25. The van der Waals surface area contributed by atoms with Crippen LogP contribution in [-0.2, 0) is 18.3 Å². The number of morpholine rings is 1. The Labute approximate surface area is 203 Å². The molecule has 1 aromatic carbocycles. The average Bonchev–Trinajstić information content (AvgIpc) is 3.23. The van der Waals surface area contributed by atoms with Crippen LogP contribution < -0.4 is 10.1 Å². The summed E-state index contributed by atoms with van der Waals surface area (Å²) >= 11 is 0. The number of hydrogen-bond donors (Lipinski definition) is 1. The molecule has 3 heterocycles. The molecule has 0 saturated carbocycles. The predicted octanol–water partition coefficient (Wildman–Crippen LogP) is 3.51. The van der Waals surface area contributed by atoms with E-state index >= 15 is 0 Å². The third kappa shape index (κ3) is 5.94. The molecule has 1 unspecified atom stereocenters. The minimum Gasteiger partial charge on any atom is -0.453 e. The fourth-order valence-corrected chi connectivity index (χ4v) is 3.43. The predicted molar refractivity (Wildman–Crippen MR) is 130 cm³/mol. The van der Waals surface area contributed by atoms with Crippen molar-refractivity contribution in [3.63, 3.8) is 0 Å². The van der Waals surface area contributed by atoms with E-state index in [1.807, 2.05) is 25.5 Å². The van der Waals surface area contributed by atoms with Crippen molar-refractivity contribution < 1.29 is 13.9 Å². The molecule has 0 bridgehead atoms. The number of nitrogens with one attached hydrogen (secondary N) is 1. The standard InChI is InChI=1S/C22H25FN6O2.HI/c1-24-22(29-8-9-30-21(15-29)17-12-27-28(2)14-17)26-11-16-5-6-20(19(23)10-16)31-18-4-3-7-25-13-18;/h3-7,10,12-14,21H,8-9,11,15H2,1-2H3,(H,24,26);1H. The highest BCUT2D eigenvalue weighted by molar-refractivity contribution is 14.0. The number of aliphatic imine (C=N–C) groups is 1. The third-order valence-corrected chi connectivity index (χ3v) is 4.98. The molecule has 0 radical (unpaired) electrons. The molecule has 0 amide bonds. The molecule has 1 aliphatic rings. The monoisotopic (exact) mass is 552 g/mol. The van der Waals surface area contributed by atoms with Gasteiger partial charge in [0, 0.05) is 45.1 Å². The van der Waals surface area contributed by atoms with Crippen LogP contribution in [0.15, 0.2) is 60.1 Å². The third-order valence-electron chi connectivity index (χ3n) is 4.98. The molecule has 0 spiro atoms. The van der Waals surface area contributed by atoms with Gasteiger partial charge in [0.25, 0.3) is 0 Å². The molecule has 8 nitrogen and oxygen atoms in total. The van der Waals surface area contributed by atoms with Crippen LogP contribution in [-0.4, -0.2) is 52.4 Å². The first kappa shape index (κ1) is 23.9. The minimum atomic E-state index is -0.429. The smallest absolute Gasteiger partial charge is 0.194 e. The number of aromatic nitrogens is 3. The Balaban J connectivity index is 0.00000289. The van der Waals surface area contributed by atoms with E-state index in [0.29, 0.717) is 25.4 Å². The Hall–Kier alpha value is -2.73. The lowest BCUT2D eigenvalue weighted by Crippen LogP contribution is -2.47. The molecule has 1 N–H and O–H groups in total. The molecule has 170 valence electrons. The highest BCUT2D eigenvalue weighted by atomic mass is 127. The first-order valence-corrected chi connectivity index (χ1v) is 10.0. The highest BCUT2D eigenvalue weighted by Gasteiger charge is 2.25. The van der Waals surface area contributed by atoms with Crippen molar-refractivity contribution in [3.05, 3.63) is 72.1 Å². The van der Waals surface area contributed by atoms with Gasteiger partial charge in [0.1, 0.15) is 11.9 Å². The van der Waals surface area contributed by atoms with Crippen LogP contribution in [0, 0.1) is 5.82 Å². The summed E-state index contributed by atoms with van der Waals surface area (Å²) in [4.78, 5) is 10.5. The molecule has 4 rings (SSSR count). The zero-order chi connectivity index (χ0) is 21.6. The van der Waals surface area contributed by atoms with Gasteiger partial charge in [0.15, 0.2) is 17.5 Å². The van der Waals surface area contributed by atoms with Crippen molar-refractivity contribution in [2.24, 2.45) is 12.0 Å². The summed E-state index contributed by atoms with van der Waals surface area (Å²) in [7, 11) is 3.62. The summed E-state index contributed by atoms with van der Waals surface area (Å²) in [6, 6.07) is 8.38. The lowest BCUT2D eigenvalue weighted by Gasteiger charge is -2.34. The Morgan fingerprint density at radius 1 is 1.34 bits per heavy atom. The van der Waals surface area contributed by atoms with Crippen LogP contribution in [0.1, 0.15) is 17.2 Å². The van der Waals surface area contributed by atoms with Crippen molar-refractivity contribution >= 4 is 29.9 Å². The number of rotatable bonds is 5. The molecular formula is C22H26FIN6O2. The molecule has 3 aromatic rings. The fourth-order valence-electron chi connectivity index (χ4n) is 3.43. The van der Waals surface area contributed by atoms with Crippen LogP contribution >= 0.6 is 24.0 Å². The average molecular weight is 552 g/mol.